The van der Waals surface area contributed by atoms with E-state index in [2.05, 4.69) is 26.9 Å². The quantitative estimate of drug-likeness (QED) is 0.194. The molecule has 0 spiro atoms. The molecule has 0 saturated carbocycles. The third-order valence-electron chi connectivity index (χ3n) is 6.04. The molecule has 1 heterocycles. The summed E-state index contributed by atoms with van der Waals surface area (Å²) < 4.78 is 83.2. The minimum atomic E-state index is -5.13. The number of aliphatic hydroxyl groups is 1. The SMILES string of the molecule is CC(CO)(Cc1c[nH]c2ccccc12)NC(=O)c1cc(C#Cc2ccccc2C(F)(F)F)ccc1OC(F)(F)F. The third kappa shape index (κ3) is 6.76. The van der Waals surface area contributed by atoms with Gasteiger partial charge in [-0.2, -0.15) is 13.2 Å². The topological polar surface area (TPSA) is 74.4 Å². The molecule has 4 aromatic rings. The van der Waals surface area contributed by atoms with Crippen LogP contribution in [0.3, 0.4) is 0 Å². The Morgan fingerprint density at radius 2 is 1.68 bits per heavy atom. The van der Waals surface area contributed by atoms with E-state index in [4.69, 9.17) is 0 Å². The normalized spacial score (nSPS) is 13.3. The molecule has 3 aromatic carbocycles. The van der Waals surface area contributed by atoms with Gasteiger partial charge in [-0.3, -0.25) is 4.79 Å². The zero-order chi connectivity index (χ0) is 29.1. The van der Waals surface area contributed by atoms with Crippen LogP contribution in [0, 0.1) is 11.8 Å². The molecule has 0 aliphatic carbocycles. The van der Waals surface area contributed by atoms with Crippen molar-refractivity contribution in [2.75, 3.05) is 6.61 Å². The highest BCUT2D eigenvalue weighted by Crippen LogP contribution is 2.32. The molecule has 11 heteroatoms. The third-order valence-corrected chi connectivity index (χ3v) is 6.04. The molecule has 1 unspecified atom stereocenters. The summed E-state index contributed by atoms with van der Waals surface area (Å²) >= 11 is 0. The van der Waals surface area contributed by atoms with E-state index < -0.39 is 47.5 Å². The first-order chi connectivity index (χ1) is 18.8. The number of aliphatic hydroxyl groups excluding tert-OH is 1. The van der Waals surface area contributed by atoms with Crippen molar-refractivity contribution in [2.45, 2.75) is 31.4 Å². The summed E-state index contributed by atoms with van der Waals surface area (Å²) in [6.07, 6.45) is -7.96. The van der Waals surface area contributed by atoms with Crippen molar-refractivity contribution >= 4 is 16.8 Å². The van der Waals surface area contributed by atoms with Crippen LogP contribution in [0.25, 0.3) is 10.9 Å². The molecule has 0 aliphatic rings. The fraction of sp³-hybridized carbons (Fsp3) is 0.207. The van der Waals surface area contributed by atoms with Crippen molar-refractivity contribution in [3.05, 3.63) is 101 Å². The van der Waals surface area contributed by atoms with Gasteiger partial charge in [-0.05, 0) is 55.3 Å². The number of benzene rings is 3. The Kier molecular flexibility index (Phi) is 7.84. The summed E-state index contributed by atoms with van der Waals surface area (Å²) in [6.45, 7) is 0.968. The maximum absolute atomic E-state index is 13.3. The Morgan fingerprint density at radius 3 is 2.38 bits per heavy atom. The number of aromatic nitrogens is 1. The number of ether oxygens (including phenoxy) is 1. The first-order valence-electron chi connectivity index (χ1n) is 11.8. The number of hydrogen-bond acceptors (Lipinski definition) is 3. The molecule has 5 nitrogen and oxygen atoms in total. The van der Waals surface area contributed by atoms with Crippen LogP contribution >= 0.6 is 0 Å². The molecule has 0 aliphatic heterocycles. The van der Waals surface area contributed by atoms with Crippen LogP contribution in [0.5, 0.6) is 5.75 Å². The Labute approximate surface area is 224 Å². The number of rotatable bonds is 6. The van der Waals surface area contributed by atoms with Crippen molar-refractivity contribution in [1.29, 1.82) is 0 Å². The van der Waals surface area contributed by atoms with Gasteiger partial charge in [0.05, 0.1) is 23.3 Å². The molecule has 4 rings (SSSR count). The second-order valence-corrected chi connectivity index (χ2v) is 9.26. The first-order valence-corrected chi connectivity index (χ1v) is 11.8. The molecule has 40 heavy (non-hydrogen) atoms. The number of carbonyl (C=O) groups is 1. The van der Waals surface area contributed by atoms with Gasteiger partial charge in [-0.25, -0.2) is 0 Å². The average molecular weight is 560 g/mol. The van der Waals surface area contributed by atoms with Crippen molar-refractivity contribution in [2.24, 2.45) is 0 Å². The van der Waals surface area contributed by atoms with Gasteiger partial charge in [-0.1, -0.05) is 42.2 Å². The number of carbonyl (C=O) groups excluding carboxylic acids is 1. The van der Waals surface area contributed by atoms with Gasteiger partial charge < -0.3 is 20.1 Å². The fourth-order valence-corrected chi connectivity index (χ4v) is 4.16. The molecule has 208 valence electrons. The van der Waals surface area contributed by atoms with Crippen LogP contribution in [0.1, 0.15) is 39.5 Å². The zero-order valence-corrected chi connectivity index (χ0v) is 20.9. The number of fused-ring (bicyclic) bond motifs is 1. The van der Waals surface area contributed by atoms with Crippen LogP contribution in [0.4, 0.5) is 26.3 Å². The van der Waals surface area contributed by atoms with E-state index in [0.717, 1.165) is 46.8 Å². The predicted octanol–water partition coefficient (Wildman–Crippen LogP) is 6.21. The highest BCUT2D eigenvalue weighted by Gasteiger charge is 2.35. The maximum Gasteiger partial charge on any atom is 0.573 e. The second-order valence-electron chi connectivity index (χ2n) is 9.26. The van der Waals surface area contributed by atoms with Crippen molar-refractivity contribution < 1.29 is 41.0 Å². The summed E-state index contributed by atoms with van der Waals surface area (Å²) in [4.78, 5) is 16.3. The van der Waals surface area contributed by atoms with Gasteiger partial charge in [0.2, 0.25) is 0 Å². The minimum Gasteiger partial charge on any atom is -0.405 e. The van der Waals surface area contributed by atoms with E-state index in [0.29, 0.717) is 0 Å². The van der Waals surface area contributed by atoms with Gasteiger partial charge in [0.1, 0.15) is 5.75 Å². The van der Waals surface area contributed by atoms with Crippen LogP contribution in [-0.2, 0) is 12.6 Å². The van der Waals surface area contributed by atoms with Crippen LogP contribution in [-0.4, -0.2) is 34.5 Å². The molecule has 1 amide bonds. The van der Waals surface area contributed by atoms with E-state index in [1.54, 1.807) is 6.20 Å². The zero-order valence-electron chi connectivity index (χ0n) is 20.9. The highest BCUT2D eigenvalue weighted by molar-refractivity contribution is 5.98. The smallest absolute Gasteiger partial charge is 0.405 e. The van der Waals surface area contributed by atoms with E-state index in [1.807, 2.05) is 24.3 Å². The lowest BCUT2D eigenvalue weighted by atomic mass is 9.92. The van der Waals surface area contributed by atoms with Crippen LogP contribution in [0.15, 0.2) is 72.9 Å². The summed E-state index contributed by atoms with van der Waals surface area (Å²) in [6, 6.07) is 14.8. The molecule has 0 bridgehead atoms. The summed E-state index contributed by atoms with van der Waals surface area (Å²) in [5.74, 6) is 3.00. The standard InChI is InChI=1S/C29H22F6N2O3/c1-27(17-38,15-20-16-36-24-9-5-3-7-21(20)24)37-26(39)22-14-18(11-13-25(22)40-29(33,34)35)10-12-19-6-2-4-8-23(19)28(30,31)32/h2-9,11,13-14,16,36,38H,15,17H2,1H3,(H,37,39). The summed E-state index contributed by atoms with van der Waals surface area (Å²) in [7, 11) is 0. The van der Waals surface area contributed by atoms with Crippen LogP contribution in [0.2, 0.25) is 0 Å². The average Bonchev–Trinajstić information content (AvgIpc) is 3.29. The Bertz CT molecular complexity index is 1600. The van der Waals surface area contributed by atoms with Crippen molar-refractivity contribution in [3.63, 3.8) is 0 Å². The number of hydrogen-bond donors (Lipinski definition) is 3. The Balaban J connectivity index is 1.67. The van der Waals surface area contributed by atoms with Crippen LogP contribution < -0.4 is 10.1 Å². The van der Waals surface area contributed by atoms with Crippen molar-refractivity contribution in [1.82, 2.24) is 10.3 Å². The molecular formula is C29H22F6N2O3. The predicted molar refractivity (Wildman–Crippen MR) is 136 cm³/mol. The van der Waals surface area contributed by atoms with E-state index >= 15 is 0 Å². The van der Waals surface area contributed by atoms with Gasteiger partial charge in [0.15, 0.2) is 0 Å². The van der Waals surface area contributed by atoms with Gasteiger partial charge in [-0.15, -0.1) is 13.2 Å². The van der Waals surface area contributed by atoms with Gasteiger partial charge in [0.25, 0.3) is 5.91 Å². The van der Waals surface area contributed by atoms with E-state index in [1.165, 1.54) is 19.1 Å². The molecule has 0 fully saturated rings. The van der Waals surface area contributed by atoms with Crippen molar-refractivity contribution in [3.8, 4) is 17.6 Å². The molecular weight excluding hydrogens is 538 g/mol. The number of nitrogens with one attached hydrogen (secondary N) is 2. The molecule has 3 N–H and O–H groups in total. The Morgan fingerprint density at radius 1 is 0.975 bits per heavy atom. The highest BCUT2D eigenvalue weighted by atomic mass is 19.4. The largest absolute Gasteiger partial charge is 0.573 e. The lowest BCUT2D eigenvalue weighted by Crippen LogP contribution is -2.50. The summed E-state index contributed by atoms with van der Waals surface area (Å²) in [5, 5.41) is 13.5. The second kappa shape index (κ2) is 11.0. The molecule has 1 aromatic heterocycles. The maximum atomic E-state index is 13.3. The number of alkyl halides is 6. The summed E-state index contributed by atoms with van der Waals surface area (Å²) in [5.41, 5.74) is -1.64. The first kappa shape index (κ1) is 28.6. The fourth-order valence-electron chi connectivity index (χ4n) is 4.16. The van der Waals surface area contributed by atoms with Gasteiger partial charge >= 0.3 is 12.5 Å². The molecule has 0 saturated heterocycles. The lowest BCUT2D eigenvalue weighted by Gasteiger charge is -2.29. The lowest BCUT2D eigenvalue weighted by molar-refractivity contribution is -0.274. The molecule has 0 radical (unpaired) electrons. The number of amides is 1. The van der Waals surface area contributed by atoms with E-state index in [9.17, 15) is 36.2 Å². The minimum absolute atomic E-state index is 0.0287. The Hall–Kier alpha value is -4.43. The molecule has 1 atom stereocenters. The van der Waals surface area contributed by atoms with E-state index in [-0.39, 0.29) is 17.5 Å². The number of aromatic amines is 1. The number of para-hydroxylation sites is 1. The monoisotopic (exact) mass is 560 g/mol. The number of halogens is 6. The van der Waals surface area contributed by atoms with Gasteiger partial charge in [0, 0.05) is 28.2 Å². The number of H-pyrrole nitrogens is 1.